The minimum absolute atomic E-state index is 0.123. The van der Waals surface area contributed by atoms with Gasteiger partial charge in [-0.05, 0) is 48.7 Å². The molecule has 132 valence electrons. The molecule has 0 bridgehead atoms. The molecule has 5 heteroatoms. The van der Waals surface area contributed by atoms with E-state index in [2.05, 4.69) is 29.8 Å². The molecule has 2 rings (SSSR count). The second-order valence-electron chi connectivity index (χ2n) is 6.39. The molecule has 2 aromatic rings. The first kappa shape index (κ1) is 18.5. The lowest BCUT2D eigenvalue weighted by atomic mass is 10.0. The van der Waals surface area contributed by atoms with Crippen LogP contribution in [0.3, 0.4) is 0 Å². The quantitative estimate of drug-likeness (QED) is 0.738. The fourth-order valence-electron chi connectivity index (χ4n) is 2.41. The first-order valence-electron chi connectivity index (χ1n) is 8.40. The maximum atomic E-state index is 12.4. The Balaban J connectivity index is 1.97. The second-order valence-corrected chi connectivity index (χ2v) is 6.39. The maximum absolute atomic E-state index is 12.4. The van der Waals surface area contributed by atoms with Gasteiger partial charge in [-0.3, -0.25) is 9.59 Å². The summed E-state index contributed by atoms with van der Waals surface area (Å²) >= 11 is 0. The van der Waals surface area contributed by atoms with Gasteiger partial charge in [0.15, 0.2) is 0 Å². The first-order chi connectivity index (χ1) is 11.8. The Hall–Kier alpha value is -2.82. The summed E-state index contributed by atoms with van der Waals surface area (Å²) in [6.07, 6.45) is 0. The molecule has 2 amide bonds. The normalized spacial score (nSPS) is 11.7. The van der Waals surface area contributed by atoms with Gasteiger partial charge in [0.2, 0.25) is 11.8 Å². The van der Waals surface area contributed by atoms with Crippen LogP contribution < -0.4 is 16.0 Å². The Morgan fingerprint density at radius 1 is 0.840 bits per heavy atom. The fourth-order valence-corrected chi connectivity index (χ4v) is 2.41. The Labute approximate surface area is 148 Å². The van der Waals surface area contributed by atoms with Crippen LogP contribution in [0.4, 0.5) is 17.1 Å². The van der Waals surface area contributed by atoms with Gasteiger partial charge in [0.25, 0.3) is 0 Å². The highest BCUT2D eigenvalue weighted by Crippen LogP contribution is 2.18. The summed E-state index contributed by atoms with van der Waals surface area (Å²) in [5.41, 5.74) is 3.47. The standard InChI is InChI=1S/C20H25N3O2/c1-13(2)16-8-10-17(11-9-16)23-20(25)14(3)21-18-6-5-7-19(12-18)22-15(4)24/h5-14,21H,1-4H3,(H,22,24)(H,23,25)/t14-/m1/s1. The molecule has 25 heavy (non-hydrogen) atoms. The monoisotopic (exact) mass is 339 g/mol. The second kappa shape index (κ2) is 8.33. The molecule has 3 N–H and O–H groups in total. The minimum Gasteiger partial charge on any atom is -0.374 e. The van der Waals surface area contributed by atoms with Gasteiger partial charge in [-0.25, -0.2) is 0 Å². The topological polar surface area (TPSA) is 70.2 Å². The molecule has 0 aliphatic heterocycles. The molecule has 5 nitrogen and oxygen atoms in total. The molecule has 2 aromatic carbocycles. The minimum atomic E-state index is -0.419. The predicted octanol–water partition coefficient (Wildman–Crippen LogP) is 4.21. The average Bonchev–Trinajstić information content (AvgIpc) is 2.55. The summed E-state index contributed by atoms with van der Waals surface area (Å²) in [5, 5.41) is 8.77. The molecule has 0 aliphatic carbocycles. The third-order valence-electron chi connectivity index (χ3n) is 3.80. The molecule has 0 unspecified atom stereocenters. The molecule has 0 saturated carbocycles. The summed E-state index contributed by atoms with van der Waals surface area (Å²) in [6.45, 7) is 7.52. The Morgan fingerprint density at radius 3 is 2.08 bits per heavy atom. The number of carbonyl (C=O) groups excluding carboxylic acids is 2. The summed E-state index contributed by atoms with van der Waals surface area (Å²) in [6, 6.07) is 14.7. The number of benzene rings is 2. The third kappa shape index (κ3) is 5.64. The van der Waals surface area contributed by atoms with Crippen molar-refractivity contribution in [3.8, 4) is 0 Å². The van der Waals surface area contributed by atoms with Crippen LogP contribution in [0.2, 0.25) is 0 Å². The van der Waals surface area contributed by atoms with Crippen molar-refractivity contribution < 1.29 is 9.59 Å². The zero-order valence-corrected chi connectivity index (χ0v) is 15.1. The fraction of sp³-hybridized carbons (Fsp3) is 0.300. The Kier molecular flexibility index (Phi) is 6.17. The van der Waals surface area contributed by atoms with E-state index >= 15 is 0 Å². The van der Waals surface area contributed by atoms with Crippen molar-refractivity contribution in [2.24, 2.45) is 0 Å². The highest BCUT2D eigenvalue weighted by atomic mass is 16.2. The van der Waals surface area contributed by atoms with Gasteiger partial charge in [0, 0.05) is 24.0 Å². The predicted molar refractivity (Wildman–Crippen MR) is 103 cm³/mol. The van der Waals surface area contributed by atoms with Crippen molar-refractivity contribution >= 4 is 28.9 Å². The highest BCUT2D eigenvalue weighted by Gasteiger charge is 2.13. The summed E-state index contributed by atoms with van der Waals surface area (Å²) in [7, 11) is 0. The van der Waals surface area contributed by atoms with Crippen LogP contribution in [0.5, 0.6) is 0 Å². The van der Waals surface area contributed by atoms with Crippen LogP contribution >= 0.6 is 0 Å². The van der Waals surface area contributed by atoms with Gasteiger partial charge in [-0.2, -0.15) is 0 Å². The number of hydrogen-bond donors (Lipinski definition) is 3. The van der Waals surface area contributed by atoms with Crippen LogP contribution in [0.1, 0.15) is 39.2 Å². The lowest BCUT2D eigenvalue weighted by molar-refractivity contribution is -0.116. The van der Waals surface area contributed by atoms with Crippen LogP contribution in [0.25, 0.3) is 0 Å². The lowest BCUT2D eigenvalue weighted by Gasteiger charge is -2.16. The SMILES string of the molecule is CC(=O)Nc1cccc(N[C@H](C)C(=O)Nc2ccc(C(C)C)cc2)c1. The molecule has 0 saturated heterocycles. The van der Waals surface area contributed by atoms with Gasteiger partial charge in [0.05, 0.1) is 0 Å². The van der Waals surface area contributed by atoms with E-state index in [4.69, 9.17) is 0 Å². The van der Waals surface area contributed by atoms with Crippen molar-refractivity contribution in [1.29, 1.82) is 0 Å². The van der Waals surface area contributed by atoms with E-state index < -0.39 is 6.04 Å². The van der Waals surface area contributed by atoms with E-state index in [9.17, 15) is 9.59 Å². The van der Waals surface area contributed by atoms with Crippen LogP contribution in [-0.2, 0) is 9.59 Å². The van der Waals surface area contributed by atoms with Crippen LogP contribution in [-0.4, -0.2) is 17.9 Å². The van der Waals surface area contributed by atoms with E-state index in [1.54, 1.807) is 19.1 Å². The van der Waals surface area contributed by atoms with E-state index in [1.807, 2.05) is 36.4 Å². The molecule has 1 atom stereocenters. The number of hydrogen-bond acceptors (Lipinski definition) is 3. The van der Waals surface area contributed by atoms with E-state index in [0.29, 0.717) is 11.6 Å². The van der Waals surface area contributed by atoms with E-state index in [-0.39, 0.29) is 11.8 Å². The average molecular weight is 339 g/mol. The number of anilines is 3. The van der Waals surface area contributed by atoms with Gasteiger partial charge < -0.3 is 16.0 Å². The van der Waals surface area contributed by atoms with E-state index in [1.165, 1.54) is 12.5 Å². The van der Waals surface area contributed by atoms with Crippen molar-refractivity contribution in [3.05, 3.63) is 54.1 Å². The molecular formula is C20H25N3O2. The number of rotatable bonds is 6. The van der Waals surface area contributed by atoms with Crippen molar-refractivity contribution in [2.75, 3.05) is 16.0 Å². The molecule has 0 radical (unpaired) electrons. The summed E-state index contributed by atoms with van der Waals surface area (Å²) in [5.74, 6) is 0.205. The van der Waals surface area contributed by atoms with Crippen molar-refractivity contribution in [2.45, 2.75) is 39.7 Å². The zero-order valence-electron chi connectivity index (χ0n) is 15.1. The molecule has 0 aliphatic rings. The molecule has 0 fully saturated rings. The van der Waals surface area contributed by atoms with Crippen LogP contribution in [0.15, 0.2) is 48.5 Å². The number of nitrogens with one attached hydrogen (secondary N) is 3. The van der Waals surface area contributed by atoms with Gasteiger partial charge in [0.1, 0.15) is 6.04 Å². The molecule has 0 aromatic heterocycles. The maximum Gasteiger partial charge on any atom is 0.246 e. The van der Waals surface area contributed by atoms with Gasteiger partial charge in [-0.15, -0.1) is 0 Å². The van der Waals surface area contributed by atoms with Gasteiger partial charge >= 0.3 is 0 Å². The highest BCUT2D eigenvalue weighted by molar-refractivity contribution is 5.96. The first-order valence-corrected chi connectivity index (χ1v) is 8.40. The molecular weight excluding hydrogens is 314 g/mol. The van der Waals surface area contributed by atoms with Gasteiger partial charge in [-0.1, -0.05) is 32.0 Å². The van der Waals surface area contributed by atoms with Crippen molar-refractivity contribution in [1.82, 2.24) is 0 Å². The third-order valence-corrected chi connectivity index (χ3v) is 3.80. The summed E-state index contributed by atoms with van der Waals surface area (Å²) < 4.78 is 0. The van der Waals surface area contributed by atoms with Crippen molar-refractivity contribution in [3.63, 3.8) is 0 Å². The Morgan fingerprint density at radius 2 is 1.48 bits per heavy atom. The number of amides is 2. The molecule has 0 spiro atoms. The van der Waals surface area contributed by atoms with E-state index in [0.717, 1.165) is 11.4 Å². The smallest absolute Gasteiger partial charge is 0.246 e. The van der Waals surface area contributed by atoms with Crippen LogP contribution in [0, 0.1) is 0 Å². The lowest BCUT2D eigenvalue weighted by Crippen LogP contribution is -2.31. The molecule has 0 heterocycles. The largest absolute Gasteiger partial charge is 0.374 e. The zero-order chi connectivity index (χ0) is 18.4. The Bertz CT molecular complexity index is 739. The summed E-state index contributed by atoms with van der Waals surface area (Å²) in [4.78, 5) is 23.5. The number of carbonyl (C=O) groups is 2.